The molecule has 0 fully saturated rings. The molecule has 116 valence electrons. The Morgan fingerprint density at radius 3 is 2.24 bits per heavy atom. The van der Waals surface area contributed by atoms with Gasteiger partial charge in [-0.15, -0.1) is 0 Å². The highest BCUT2D eigenvalue weighted by atomic mass is 16.4. The summed E-state index contributed by atoms with van der Waals surface area (Å²) in [5.41, 5.74) is 2.29. The second-order valence-electron chi connectivity index (χ2n) is 5.90. The Kier molecular flexibility index (Phi) is 6.92. The Balaban J connectivity index is 2.44. The summed E-state index contributed by atoms with van der Waals surface area (Å²) in [5.74, 6) is -0.175. The van der Waals surface area contributed by atoms with Crippen molar-refractivity contribution in [3.8, 4) is 0 Å². The first-order valence-electron chi connectivity index (χ1n) is 7.42. The van der Waals surface area contributed by atoms with Crippen LogP contribution in [-0.2, 0) is 22.4 Å². The predicted octanol–water partition coefficient (Wildman–Crippen LogP) is 2.75. The first-order valence-corrected chi connectivity index (χ1v) is 7.42. The van der Waals surface area contributed by atoms with Crippen LogP contribution in [0, 0.1) is 5.92 Å². The summed E-state index contributed by atoms with van der Waals surface area (Å²) in [6, 6.07) is 8.15. The number of aliphatic carboxylic acids is 1. The molecule has 0 saturated carbocycles. The Morgan fingerprint density at radius 1 is 1.14 bits per heavy atom. The molecule has 0 aromatic heterocycles. The molecule has 1 aromatic carbocycles. The van der Waals surface area contributed by atoms with Gasteiger partial charge in [0.1, 0.15) is 0 Å². The minimum absolute atomic E-state index is 0.0250. The zero-order chi connectivity index (χ0) is 15.8. The van der Waals surface area contributed by atoms with E-state index in [2.05, 4.69) is 26.0 Å². The number of hydrogen-bond donors (Lipinski definition) is 1. The van der Waals surface area contributed by atoms with Crippen LogP contribution in [0.4, 0.5) is 0 Å². The van der Waals surface area contributed by atoms with Crippen LogP contribution < -0.4 is 0 Å². The second kappa shape index (κ2) is 8.45. The maximum Gasteiger partial charge on any atom is 0.303 e. The fourth-order valence-electron chi connectivity index (χ4n) is 2.17. The maximum absolute atomic E-state index is 12.0. The summed E-state index contributed by atoms with van der Waals surface area (Å²) >= 11 is 0. The lowest BCUT2D eigenvalue weighted by atomic mass is 10.0. The van der Waals surface area contributed by atoms with Crippen LogP contribution in [0.25, 0.3) is 0 Å². The molecule has 1 aromatic rings. The summed E-state index contributed by atoms with van der Waals surface area (Å²) in [6.45, 7) is 4.85. The maximum atomic E-state index is 12.0. The summed E-state index contributed by atoms with van der Waals surface area (Å²) < 4.78 is 0. The number of nitrogens with zero attached hydrogens (tertiary/aromatic N) is 1. The van der Waals surface area contributed by atoms with Gasteiger partial charge in [0, 0.05) is 20.0 Å². The largest absolute Gasteiger partial charge is 0.481 e. The topological polar surface area (TPSA) is 57.6 Å². The van der Waals surface area contributed by atoms with Gasteiger partial charge in [-0.3, -0.25) is 9.59 Å². The molecule has 0 radical (unpaired) electrons. The molecule has 1 amide bonds. The molecule has 0 unspecified atom stereocenters. The Hall–Kier alpha value is -1.84. The lowest BCUT2D eigenvalue weighted by Crippen LogP contribution is -2.29. The number of rotatable bonds is 8. The summed E-state index contributed by atoms with van der Waals surface area (Å²) in [7, 11) is 1.72. The normalized spacial score (nSPS) is 10.7. The van der Waals surface area contributed by atoms with Crippen LogP contribution in [0.1, 0.15) is 37.8 Å². The Bertz CT molecular complexity index is 465. The van der Waals surface area contributed by atoms with Crippen molar-refractivity contribution in [3.63, 3.8) is 0 Å². The van der Waals surface area contributed by atoms with E-state index in [9.17, 15) is 9.59 Å². The number of carboxylic acids is 1. The molecule has 1 rings (SSSR count). The fraction of sp³-hybridized carbons (Fsp3) is 0.529. The van der Waals surface area contributed by atoms with Gasteiger partial charge >= 0.3 is 5.97 Å². The molecule has 0 spiro atoms. The summed E-state index contributed by atoms with van der Waals surface area (Å²) in [4.78, 5) is 24.1. The van der Waals surface area contributed by atoms with Crippen molar-refractivity contribution in [3.05, 3.63) is 35.4 Å². The van der Waals surface area contributed by atoms with Crippen LogP contribution in [0.5, 0.6) is 0 Å². The monoisotopic (exact) mass is 291 g/mol. The molecule has 0 aliphatic heterocycles. The fourth-order valence-corrected chi connectivity index (χ4v) is 2.17. The highest BCUT2D eigenvalue weighted by molar-refractivity contribution is 5.78. The van der Waals surface area contributed by atoms with Crippen molar-refractivity contribution in [2.45, 2.75) is 39.5 Å². The molecule has 0 aliphatic rings. The van der Waals surface area contributed by atoms with Gasteiger partial charge in [0.05, 0.1) is 6.42 Å². The van der Waals surface area contributed by atoms with E-state index in [0.29, 0.717) is 25.3 Å². The highest BCUT2D eigenvalue weighted by Crippen LogP contribution is 2.11. The molecule has 0 aliphatic carbocycles. The zero-order valence-electron chi connectivity index (χ0n) is 13.1. The summed E-state index contributed by atoms with van der Waals surface area (Å²) in [6.07, 6.45) is 2.00. The number of carbonyl (C=O) groups is 2. The van der Waals surface area contributed by atoms with Crippen LogP contribution in [0.2, 0.25) is 0 Å². The average Bonchev–Trinajstić information content (AvgIpc) is 2.39. The van der Waals surface area contributed by atoms with Crippen molar-refractivity contribution in [2.24, 2.45) is 5.92 Å². The number of benzene rings is 1. The molecular weight excluding hydrogens is 266 g/mol. The minimum Gasteiger partial charge on any atom is -0.481 e. The van der Waals surface area contributed by atoms with Crippen LogP contribution in [0.3, 0.4) is 0 Å². The standard InChI is InChI=1S/C17H25NO3/c1-13(2)11-14-6-8-15(9-7-14)12-16(19)18(3)10-4-5-17(20)21/h6-9,13H,4-5,10-12H2,1-3H3,(H,20,21). The van der Waals surface area contributed by atoms with Gasteiger partial charge in [0.2, 0.25) is 5.91 Å². The lowest BCUT2D eigenvalue weighted by molar-refractivity contribution is -0.138. The molecule has 0 saturated heterocycles. The van der Waals surface area contributed by atoms with Gasteiger partial charge in [-0.25, -0.2) is 0 Å². The van der Waals surface area contributed by atoms with E-state index < -0.39 is 5.97 Å². The van der Waals surface area contributed by atoms with Crippen molar-refractivity contribution >= 4 is 11.9 Å². The van der Waals surface area contributed by atoms with E-state index in [1.165, 1.54) is 5.56 Å². The van der Waals surface area contributed by atoms with Crippen molar-refractivity contribution in [2.75, 3.05) is 13.6 Å². The number of carboxylic acid groups (broad SMARTS) is 1. The highest BCUT2D eigenvalue weighted by Gasteiger charge is 2.10. The van der Waals surface area contributed by atoms with Gasteiger partial charge in [-0.1, -0.05) is 38.1 Å². The molecule has 0 bridgehead atoms. The number of likely N-dealkylation sites (N-methyl/N-ethyl adjacent to an activating group) is 1. The molecule has 1 N–H and O–H groups in total. The smallest absolute Gasteiger partial charge is 0.303 e. The molecule has 4 nitrogen and oxygen atoms in total. The van der Waals surface area contributed by atoms with E-state index in [-0.39, 0.29) is 12.3 Å². The van der Waals surface area contributed by atoms with Gasteiger partial charge in [-0.05, 0) is 29.9 Å². The third-order valence-electron chi connectivity index (χ3n) is 3.33. The third-order valence-corrected chi connectivity index (χ3v) is 3.33. The minimum atomic E-state index is -0.823. The molecule has 0 atom stereocenters. The zero-order valence-corrected chi connectivity index (χ0v) is 13.1. The number of hydrogen-bond acceptors (Lipinski definition) is 2. The SMILES string of the molecule is CC(C)Cc1ccc(CC(=O)N(C)CCCC(=O)O)cc1. The first kappa shape index (κ1) is 17.2. The van der Waals surface area contributed by atoms with Crippen LogP contribution in [-0.4, -0.2) is 35.5 Å². The van der Waals surface area contributed by atoms with E-state index in [1.54, 1.807) is 11.9 Å². The quantitative estimate of drug-likeness (QED) is 0.801. The van der Waals surface area contributed by atoms with Crippen molar-refractivity contribution in [1.29, 1.82) is 0 Å². The van der Waals surface area contributed by atoms with E-state index >= 15 is 0 Å². The molecule has 21 heavy (non-hydrogen) atoms. The van der Waals surface area contributed by atoms with Gasteiger partial charge < -0.3 is 10.0 Å². The second-order valence-corrected chi connectivity index (χ2v) is 5.90. The van der Waals surface area contributed by atoms with E-state index in [0.717, 1.165) is 12.0 Å². The van der Waals surface area contributed by atoms with E-state index in [4.69, 9.17) is 5.11 Å². The Labute approximate surface area is 126 Å². The summed E-state index contributed by atoms with van der Waals surface area (Å²) in [5, 5.41) is 8.59. The third kappa shape index (κ3) is 6.93. The number of amides is 1. The average molecular weight is 291 g/mol. The van der Waals surface area contributed by atoms with Crippen LogP contribution >= 0.6 is 0 Å². The predicted molar refractivity (Wildman–Crippen MR) is 83.2 cm³/mol. The number of carbonyl (C=O) groups excluding carboxylic acids is 1. The Morgan fingerprint density at radius 2 is 1.71 bits per heavy atom. The van der Waals surface area contributed by atoms with Gasteiger partial charge in [-0.2, -0.15) is 0 Å². The molecule has 0 heterocycles. The van der Waals surface area contributed by atoms with Gasteiger partial charge in [0.25, 0.3) is 0 Å². The van der Waals surface area contributed by atoms with E-state index in [1.807, 2.05) is 12.1 Å². The molecule has 4 heteroatoms. The van der Waals surface area contributed by atoms with Crippen LogP contribution in [0.15, 0.2) is 24.3 Å². The molecular formula is C17H25NO3. The van der Waals surface area contributed by atoms with Crippen molar-refractivity contribution in [1.82, 2.24) is 4.90 Å². The first-order chi connectivity index (χ1) is 9.88. The lowest BCUT2D eigenvalue weighted by Gasteiger charge is -2.16. The van der Waals surface area contributed by atoms with Gasteiger partial charge in [0.15, 0.2) is 0 Å². The van der Waals surface area contributed by atoms with Crippen molar-refractivity contribution < 1.29 is 14.7 Å².